The minimum atomic E-state index is 0.311. The molecule has 0 bridgehead atoms. The van der Waals surface area contributed by atoms with E-state index in [-0.39, 0.29) is 0 Å². The molecule has 0 spiro atoms. The summed E-state index contributed by atoms with van der Waals surface area (Å²) in [6, 6.07) is 6.18. The van der Waals surface area contributed by atoms with Crippen molar-refractivity contribution in [3.8, 4) is 0 Å². The highest BCUT2D eigenvalue weighted by atomic mass is 16.2. The highest BCUT2D eigenvalue weighted by molar-refractivity contribution is 5.09. The summed E-state index contributed by atoms with van der Waals surface area (Å²) >= 11 is 0. The van der Waals surface area contributed by atoms with Crippen molar-refractivity contribution >= 4 is 0 Å². The van der Waals surface area contributed by atoms with Gasteiger partial charge in [0.25, 0.3) is 0 Å². The summed E-state index contributed by atoms with van der Waals surface area (Å²) < 4.78 is 0. The number of aromatic nitrogens is 1. The molecule has 17 heavy (non-hydrogen) atoms. The van der Waals surface area contributed by atoms with Crippen LogP contribution < -0.4 is 0 Å². The van der Waals surface area contributed by atoms with Gasteiger partial charge < -0.3 is 5.11 Å². The van der Waals surface area contributed by atoms with Crippen LogP contribution in [0.25, 0.3) is 0 Å². The molecule has 3 nitrogen and oxygen atoms in total. The minimum Gasteiger partial charge on any atom is -0.396 e. The van der Waals surface area contributed by atoms with Gasteiger partial charge in [0.05, 0.1) is 5.69 Å². The molecule has 3 heteroatoms. The Morgan fingerprint density at radius 2 is 2.06 bits per heavy atom. The van der Waals surface area contributed by atoms with Gasteiger partial charge in [-0.15, -0.1) is 0 Å². The molecule has 0 atom stereocenters. The number of unbranched alkanes of at least 4 members (excludes halogenated alkanes) is 2. The number of aryl methyl sites for hydroxylation is 1. The number of aliphatic hydroxyl groups excluding tert-OH is 1. The fourth-order valence-corrected chi connectivity index (χ4v) is 1.89. The minimum absolute atomic E-state index is 0.311. The predicted octanol–water partition coefficient (Wildman–Crippen LogP) is 2.37. The number of nitrogens with zero attached hydrogens (tertiary/aromatic N) is 2. The van der Waals surface area contributed by atoms with Crippen LogP contribution in [0.2, 0.25) is 0 Å². The van der Waals surface area contributed by atoms with E-state index in [9.17, 15) is 0 Å². The first-order valence-corrected chi connectivity index (χ1v) is 6.52. The molecule has 1 aromatic rings. The SMILES string of the molecule is CCN(CCCCCO)Cc1cccc(C)n1. The van der Waals surface area contributed by atoms with E-state index in [4.69, 9.17) is 5.11 Å². The summed E-state index contributed by atoms with van der Waals surface area (Å²) in [4.78, 5) is 6.93. The Bertz CT molecular complexity index is 315. The zero-order chi connectivity index (χ0) is 12.5. The average molecular weight is 236 g/mol. The zero-order valence-corrected chi connectivity index (χ0v) is 11.0. The van der Waals surface area contributed by atoms with Crippen molar-refractivity contribution < 1.29 is 5.11 Å². The predicted molar refractivity (Wildman–Crippen MR) is 70.9 cm³/mol. The molecule has 0 unspecified atom stereocenters. The second-order valence-corrected chi connectivity index (χ2v) is 4.42. The van der Waals surface area contributed by atoms with Gasteiger partial charge in [-0.1, -0.05) is 13.0 Å². The molecular formula is C14H24N2O. The van der Waals surface area contributed by atoms with Crippen LogP contribution in [0, 0.1) is 6.92 Å². The van der Waals surface area contributed by atoms with Gasteiger partial charge in [-0.05, 0) is 51.4 Å². The van der Waals surface area contributed by atoms with Crippen molar-refractivity contribution in [3.63, 3.8) is 0 Å². The average Bonchev–Trinajstić information content (AvgIpc) is 2.33. The fourth-order valence-electron chi connectivity index (χ4n) is 1.89. The molecule has 0 aliphatic heterocycles. The van der Waals surface area contributed by atoms with E-state index in [0.29, 0.717) is 6.61 Å². The molecule has 0 radical (unpaired) electrons. The third-order valence-electron chi connectivity index (χ3n) is 2.91. The molecule has 0 amide bonds. The van der Waals surface area contributed by atoms with Gasteiger partial charge in [0.1, 0.15) is 0 Å². The van der Waals surface area contributed by atoms with Crippen molar-refractivity contribution in [3.05, 3.63) is 29.6 Å². The van der Waals surface area contributed by atoms with Crippen LogP contribution in [0.1, 0.15) is 37.6 Å². The monoisotopic (exact) mass is 236 g/mol. The Kier molecular flexibility index (Phi) is 6.82. The smallest absolute Gasteiger partial charge is 0.0547 e. The van der Waals surface area contributed by atoms with Crippen LogP contribution >= 0.6 is 0 Å². The molecule has 0 aliphatic carbocycles. The molecule has 0 fully saturated rings. The molecule has 0 saturated heterocycles. The summed E-state index contributed by atoms with van der Waals surface area (Å²) in [5.41, 5.74) is 2.23. The van der Waals surface area contributed by atoms with Crippen molar-refractivity contribution in [1.29, 1.82) is 0 Å². The normalized spacial score (nSPS) is 11.1. The molecule has 1 N–H and O–H groups in total. The summed E-state index contributed by atoms with van der Waals surface area (Å²) in [5, 5.41) is 8.73. The molecular weight excluding hydrogens is 212 g/mol. The van der Waals surface area contributed by atoms with Crippen LogP contribution in [0.3, 0.4) is 0 Å². The quantitative estimate of drug-likeness (QED) is 0.704. The maximum absolute atomic E-state index is 8.73. The van der Waals surface area contributed by atoms with E-state index in [1.54, 1.807) is 0 Å². The molecule has 96 valence electrons. The lowest BCUT2D eigenvalue weighted by Gasteiger charge is -2.19. The van der Waals surface area contributed by atoms with Crippen molar-refractivity contribution in [2.45, 2.75) is 39.7 Å². The zero-order valence-electron chi connectivity index (χ0n) is 11.0. The summed E-state index contributed by atoms with van der Waals surface area (Å²) in [6.45, 7) is 7.59. The maximum atomic E-state index is 8.73. The summed E-state index contributed by atoms with van der Waals surface area (Å²) in [6.07, 6.45) is 3.18. The molecule has 1 rings (SSSR count). The Morgan fingerprint density at radius 1 is 1.24 bits per heavy atom. The van der Waals surface area contributed by atoms with E-state index in [1.807, 2.05) is 13.0 Å². The maximum Gasteiger partial charge on any atom is 0.0547 e. The first kappa shape index (κ1) is 14.1. The molecule has 0 aliphatic rings. The highest BCUT2D eigenvalue weighted by Crippen LogP contribution is 2.05. The van der Waals surface area contributed by atoms with Crippen LogP contribution in [0.4, 0.5) is 0 Å². The number of aliphatic hydroxyl groups is 1. The van der Waals surface area contributed by atoms with Crippen LogP contribution in [-0.4, -0.2) is 34.7 Å². The Morgan fingerprint density at radius 3 is 2.71 bits per heavy atom. The van der Waals surface area contributed by atoms with Crippen molar-refractivity contribution in [2.75, 3.05) is 19.7 Å². The number of rotatable bonds is 8. The van der Waals surface area contributed by atoms with Crippen LogP contribution in [-0.2, 0) is 6.54 Å². The molecule has 1 heterocycles. The van der Waals surface area contributed by atoms with Crippen molar-refractivity contribution in [1.82, 2.24) is 9.88 Å². The Balaban J connectivity index is 2.35. The van der Waals surface area contributed by atoms with Gasteiger partial charge in [0, 0.05) is 18.8 Å². The van der Waals surface area contributed by atoms with E-state index in [0.717, 1.165) is 50.3 Å². The first-order chi connectivity index (χ1) is 8.26. The molecule has 1 aromatic heterocycles. The van der Waals surface area contributed by atoms with E-state index in [2.05, 4.69) is 28.9 Å². The van der Waals surface area contributed by atoms with E-state index < -0.39 is 0 Å². The second kappa shape index (κ2) is 8.20. The summed E-state index contributed by atoms with van der Waals surface area (Å²) in [5.74, 6) is 0. The van der Waals surface area contributed by atoms with E-state index in [1.165, 1.54) is 0 Å². The third-order valence-corrected chi connectivity index (χ3v) is 2.91. The lowest BCUT2D eigenvalue weighted by Crippen LogP contribution is -2.24. The van der Waals surface area contributed by atoms with Gasteiger partial charge in [-0.3, -0.25) is 9.88 Å². The van der Waals surface area contributed by atoms with Gasteiger partial charge in [0.2, 0.25) is 0 Å². The first-order valence-electron chi connectivity index (χ1n) is 6.52. The largest absolute Gasteiger partial charge is 0.396 e. The van der Waals surface area contributed by atoms with Crippen molar-refractivity contribution in [2.24, 2.45) is 0 Å². The topological polar surface area (TPSA) is 36.4 Å². The summed E-state index contributed by atoms with van der Waals surface area (Å²) in [7, 11) is 0. The molecule has 0 aromatic carbocycles. The lowest BCUT2D eigenvalue weighted by molar-refractivity contribution is 0.253. The Labute approximate surface area is 104 Å². The van der Waals surface area contributed by atoms with Gasteiger partial charge in [-0.2, -0.15) is 0 Å². The van der Waals surface area contributed by atoms with Crippen LogP contribution in [0.5, 0.6) is 0 Å². The standard InChI is InChI=1S/C14H24N2O/c1-3-16(10-5-4-6-11-17)12-14-9-7-8-13(2)15-14/h7-9,17H,3-6,10-12H2,1-2H3. The fraction of sp³-hybridized carbons (Fsp3) is 0.643. The second-order valence-electron chi connectivity index (χ2n) is 4.42. The van der Waals surface area contributed by atoms with Crippen LogP contribution in [0.15, 0.2) is 18.2 Å². The van der Waals surface area contributed by atoms with Gasteiger partial charge in [-0.25, -0.2) is 0 Å². The van der Waals surface area contributed by atoms with E-state index >= 15 is 0 Å². The molecule has 0 saturated carbocycles. The van der Waals surface area contributed by atoms with Gasteiger partial charge in [0.15, 0.2) is 0 Å². The number of hydrogen-bond acceptors (Lipinski definition) is 3. The third kappa shape index (κ3) is 5.80. The lowest BCUT2D eigenvalue weighted by atomic mass is 10.2. The van der Waals surface area contributed by atoms with Gasteiger partial charge >= 0.3 is 0 Å². The highest BCUT2D eigenvalue weighted by Gasteiger charge is 2.04. The number of pyridine rings is 1. The number of hydrogen-bond donors (Lipinski definition) is 1. The Hall–Kier alpha value is -0.930.